The number of nitrogens with zero attached hydrogens (tertiary/aromatic N) is 2. The first kappa shape index (κ1) is 17.0. The van der Waals surface area contributed by atoms with Crippen molar-refractivity contribution in [3.63, 3.8) is 0 Å². The highest BCUT2D eigenvalue weighted by atomic mass is 16.5. The summed E-state index contributed by atoms with van der Waals surface area (Å²) < 4.78 is 6.74. The summed E-state index contributed by atoms with van der Waals surface area (Å²) in [5.74, 6) is 0.467. The summed E-state index contributed by atoms with van der Waals surface area (Å²) in [5, 5.41) is 17.2. The number of nitrogens with one attached hydrogen (secondary N) is 1. The van der Waals surface area contributed by atoms with Crippen molar-refractivity contribution in [1.82, 2.24) is 15.1 Å². The Morgan fingerprint density at radius 1 is 1.26 bits per heavy atom. The first-order valence-corrected chi connectivity index (χ1v) is 7.72. The van der Waals surface area contributed by atoms with Crippen LogP contribution in [0.3, 0.4) is 0 Å². The van der Waals surface area contributed by atoms with Crippen LogP contribution in [-0.4, -0.2) is 40.0 Å². The first-order valence-electron chi connectivity index (χ1n) is 7.72. The second-order valence-electron chi connectivity index (χ2n) is 5.46. The minimum atomic E-state index is -0.867. The maximum Gasteiger partial charge on any atom is 0.271 e. The zero-order valence-corrected chi connectivity index (χ0v) is 13.7. The molecule has 6 nitrogen and oxygen atoms in total. The zero-order valence-electron chi connectivity index (χ0n) is 13.7. The molecule has 1 amide bonds. The third-order valence-corrected chi connectivity index (χ3v) is 4.05. The van der Waals surface area contributed by atoms with Crippen LogP contribution in [0.25, 0.3) is 5.69 Å². The number of aliphatic hydroxyl groups is 1. The van der Waals surface area contributed by atoms with Crippen molar-refractivity contribution in [3.05, 3.63) is 42.2 Å². The van der Waals surface area contributed by atoms with Gasteiger partial charge in [-0.3, -0.25) is 4.79 Å². The van der Waals surface area contributed by atoms with Crippen molar-refractivity contribution < 1.29 is 14.6 Å². The fourth-order valence-electron chi connectivity index (χ4n) is 2.16. The first-order chi connectivity index (χ1) is 11.0. The quantitative estimate of drug-likeness (QED) is 0.820. The van der Waals surface area contributed by atoms with Gasteiger partial charge in [-0.05, 0) is 43.2 Å². The molecule has 1 heterocycles. The van der Waals surface area contributed by atoms with Crippen molar-refractivity contribution in [3.8, 4) is 11.4 Å². The summed E-state index contributed by atoms with van der Waals surface area (Å²) in [5.41, 5.74) is 0.285. The molecule has 0 bridgehead atoms. The third kappa shape index (κ3) is 4.10. The average molecular weight is 317 g/mol. The van der Waals surface area contributed by atoms with Gasteiger partial charge in [-0.2, -0.15) is 5.10 Å². The number of benzene rings is 1. The highest BCUT2D eigenvalue weighted by molar-refractivity contribution is 5.92. The molecule has 23 heavy (non-hydrogen) atoms. The van der Waals surface area contributed by atoms with E-state index in [1.54, 1.807) is 24.1 Å². The molecule has 2 aromatic rings. The van der Waals surface area contributed by atoms with E-state index >= 15 is 0 Å². The topological polar surface area (TPSA) is 76.4 Å². The Morgan fingerprint density at radius 3 is 2.48 bits per heavy atom. The van der Waals surface area contributed by atoms with E-state index in [-0.39, 0.29) is 12.5 Å². The molecule has 0 saturated carbocycles. The van der Waals surface area contributed by atoms with E-state index in [1.807, 2.05) is 38.1 Å². The Hall–Kier alpha value is -2.34. The molecule has 6 heteroatoms. The minimum Gasteiger partial charge on any atom is -0.497 e. The monoisotopic (exact) mass is 317 g/mol. The molecule has 0 unspecified atom stereocenters. The summed E-state index contributed by atoms with van der Waals surface area (Å²) in [4.78, 5) is 12.2. The highest BCUT2D eigenvalue weighted by Gasteiger charge is 2.23. The number of ether oxygens (including phenoxy) is 1. The van der Waals surface area contributed by atoms with Gasteiger partial charge >= 0.3 is 0 Å². The number of hydrogen-bond donors (Lipinski definition) is 2. The van der Waals surface area contributed by atoms with E-state index in [0.717, 1.165) is 11.4 Å². The van der Waals surface area contributed by atoms with Crippen LogP contribution in [0.5, 0.6) is 5.75 Å². The molecule has 124 valence electrons. The lowest BCUT2D eigenvalue weighted by Gasteiger charge is -2.25. The fourth-order valence-corrected chi connectivity index (χ4v) is 2.16. The number of carbonyl (C=O) groups is 1. The van der Waals surface area contributed by atoms with Crippen LogP contribution in [0.4, 0.5) is 0 Å². The summed E-state index contributed by atoms with van der Waals surface area (Å²) in [7, 11) is 1.61. The van der Waals surface area contributed by atoms with Crippen molar-refractivity contribution in [2.75, 3.05) is 13.7 Å². The summed E-state index contributed by atoms with van der Waals surface area (Å²) >= 11 is 0. The van der Waals surface area contributed by atoms with Gasteiger partial charge in [0.25, 0.3) is 5.91 Å². The van der Waals surface area contributed by atoms with Crippen LogP contribution in [0, 0.1) is 0 Å². The van der Waals surface area contributed by atoms with Crippen LogP contribution in [0.2, 0.25) is 0 Å². The van der Waals surface area contributed by atoms with Crippen LogP contribution < -0.4 is 10.1 Å². The van der Waals surface area contributed by atoms with E-state index in [4.69, 9.17) is 4.74 Å². The van der Waals surface area contributed by atoms with E-state index in [2.05, 4.69) is 10.4 Å². The predicted molar refractivity (Wildman–Crippen MR) is 88.0 cm³/mol. The Kier molecular flexibility index (Phi) is 5.39. The molecule has 2 N–H and O–H groups in total. The van der Waals surface area contributed by atoms with Crippen LogP contribution in [0.1, 0.15) is 37.2 Å². The summed E-state index contributed by atoms with van der Waals surface area (Å²) in [6, 6.07) is 9.04. The molecular formula is C17H23N3O3. The van der Waals surface area contributed by atoms with Crippen LogP contribution >= 0.6 is 0 Å². The van der Waals surface area contributed by atoms with Gasteiger partial charge in [0.2, 0.25) is 0 Å². The molecule has 0 spiro atoms. The second-order valence-corrected chi connectivity index (χ2v) is 5.46. The minimum absolute atomic E-state index is 0.216. The van der Waals surface area contributed by atoms with Crippen LogP contribution in [-0.2, 0) is 0 Å². The molecule has 0 aliphatic rings. The Labute approximate surface area is 136 Å². The van der Waals surface area contributed by atoms with Crippen molar-refractivity contribution in [2.45, 2.75) is 32.3 Å². The Morgan fingerprint density at radius 2 is 1.91 bits per heavy atom. The number of methoxy groups -OCH3 is 1. The molecule has 0 aliphatic carbocycles. The number of aromatic nitrogens is 2. The molecule has 1 aromatic carbocycles. The second kappa shape index (κ2) is 7.28. The van der Waals surface area contributed by atoms with Crippen molar-refractivity contribution >= 4 is 5.91 Å². The largest absolute Gasteiger partial charge is 0.497 e. The third-order valence-electron chi connectivity index (χ3n) is 4.05. The lowest BCUT2D eigenvalue weighted by molar-refractivity contribution is 0.0313. The van der Waals surface area contributed by atoms with E-state index in [9.17, 15) is 9.90 Å². The molecule has 0 radical (unpaired) electrons. The zero-order chi connectivity index (χ0) is 16.9. The average Bonchev–Trinajstić information content (AvgIpc) is 3.09. The normalized spacial score (nSPS) is 11.3. The molecule has 0 saturated heterocycles. The van der Waals surface area contributed by atoms with Gasteiger partial charge in [-0.25, -0.2) is 4.68 Å². The maximum absolute atomic E-state index is 12.2. The summed E-state index contributed by atoms with van der Waals surface area (Å²) in [6.45, 7) is 4.01. The number of hydrogen-bond acceptors (Lipinski definition) is 4. The van der Waals surface area contributed by atoms with E-state index in [0.29, 0.717) is 18.5 Å². The van der Waals surface area contributed by atoms with Gasteiger partial charge in [-0.1, -0.05) is 13.8 Å². The molecular weight excluding hydrogens is 294 g/mol. The molecule has 0 fully saturated rings. The fraction of sp³-hybridized carbons (Fsp3) is 0.412. The van der Waals surface area contributed by atoms with Gasteiger partial charge in [0.05, 0.1) is 18.4 Å². The van der Waals surface area contributed by atoms with Gasteiger partial charge in [0.1, 0.15) is 5.75 Å². The SMILES string of the molecule is CCC(O)(CC)CNC(=O)c1ccn(-c2ccc(OC)cc2)n1. The van der Waals surface area contributed by atoms with Gasteiger partial charge < -0.3 is 15.2 Å². The lowest BCUT2D eigenvalue weighted by Crippen LogP contribution is -2.42. The molecule has 0 atom stereocenters. The van der Waals surface area contributed by atoms with Gasteiger partial charge in [0, 0.05) is 12.7 Å². The Balaban J connectivity index is 2.04. The van der Waals surface area contributed by atoms with Crippen molar-refractivity contribution in [2.24, 2.45) is 0 Å². The predicted octanol–water partition coefficient (Wildman–Crippen LogP) is 2.16. The van der Waals surface area contributed by atoms with Gasteiger partial charge in [0.15, 0.2) is 5.69 Å². The molecule has 0 aliphatic heterocycles. The Bertz CT molecular complexity index is 645. The summed E-state index contributed by atoms with van der Waals surface area (Å²) in [6.07, 6.45) is 2.90. The molecule has 1 aromatic heterocycles. The van der Waals surface area contributed by atoms with Crippen molar-refractivity contribution in [1.29, 1.82) is 0 Å². The highest BCUT2D eigenvalue weighted by Crippen LogP contribution is 2.15. The maximum atomic E-state index is 12.2. The molecule has 2 rings (SSSR count). The number of amides is 1. The number of rotatable bonds is 7. The van der Waals surface area contributed by atoms with E-state index < -0.39 is 5.60 Å². The van der Waals surface area contributed by atoms with Gasteiger partial charge in [-0.15, -0.1) is 0 Å². The number of carbonyl (C=O) groups excluding carboxylic acids is 1. The van der Waals surface area contributed by atoms with Crippen LogP contribution in [0.15, 0.2) is 36.5 Å². The lowest BCUT2D eigenvalue weighted by atomic mass is 9.97. The van der Waals surface area contributed by atoms with E-state index in [1.165, 1.54) is 0 Å². The smallest absolute Gasteiger partial charge is 0.271 e. The standard InChI is InChI=1S/C17H23N3O3/c1-4-17(22,5-2)12-18-16(21)15-10-11-20(19-15)13-6-8-14(23-3)9-7-13/h6-11,22H,4-5,12H2,1-3H3,(H,18,21).